The number of carbonyl (C=O) groups is 1. The number of alkyl carbamates (subject to hydrolysis) is 1. The molecule has 0 aliphatic rings. The summed E-state index contributed by atoms with van der Waals surface area (Å²) in [7, 11) is 0. The van der Waals surface area contributed by atoms with Crippen LogP contribution in [-0.4, -0.2) is 8.96 Å². The Labute approximate surface area is 135 Å². The highest BCUT2D eigenvalue weighted by atomic mass is 127. The summed E-state index contributed by atoms with van der Waals surface area (Å²) in [6, 6.07) is 7.13. The third-order valence-electron chi connectivity index (χ3n) is 2.13. The molecule has 0 bridgehead atoms. The molecule has 0 saturated heterocycles. The van der Waals surface area contributed by atoms with E-state index in [9.17, 15) is 4.79 Å². The van der Waals surface area contributed by atoms with Crippen molar-refractivity contribution < 1.29 is 9.53 Å². The van der Waals surface area contributed by atoms with Crippen molar-refractivity contribution in [2.24, 2.45) is 5.73 Å². The minimum Gasteiger partial charge on any atom is -0.444 e. The van der Waals surface area contributed by atoms with Crippen molar-refractivity contribution in [3.63, 3.8) is 0 Å². The first-order valence-corrected chi connectivity index (χ1v) is 7.11. The number of thiocarbonyl (C=S) groups is 1. The number of ether oxygens (including phenoxy) is 1. The average Bonchev–Trinajstić information content (AvgIpc) is 2.34. The largest absolute Gasteiger partial charge is 0.444 e. The van der Waals surface area contributed by atoms with Crippen molar-refractivity contribution in [1.82, 2.24) is 5.32 Å². The predicted molar refractivity (Wildman–Crippen MR) is 88.3 cm³/mol. The van der Waals surface area contributed by atoms with Gasteiger partial charge in [-0.1, -0.05) is 42.0 Å². The molecule has 0 saturated carbocycles. The second-order valence-corrected chi connectivity index (χ2v) is 6.25. The first kappa shape index (κ1) is 16.2. The van der Waals surface area contributed by atoms with Crippen LogP contribution in [-0.2, 0) is 11.3 Å². The van der Waals surface area contributed by atoms with E-state index in [0.29, 0.717) is 19.3 Å². The van der Waals surface area contributed by atoms with Gasteiger partial charge in [-0.25, -0.2) is 4.79 Å². The molecular weight excluding hydrogens is 399 g/mol. The zero-order valence-corrected chi connectivity index (χ0v) is 13.8. The summed E-state index contributed by atoms with van der Waals surface area (Å²) < 4.78 is 5.52. The Kier molecular flexibility index (Phi) is 6.53. The van der Waals surface area contributed by atoms with E-state index in [0.717, 1.165) is 5.56 Å². The Bertz CT molecular complexity index is 530. The molecule has 0 unspecified atom stereocenters. The molecule has 0 spiro atoms. The van der Waals surface area contributed by atoms with Gasteiger partial charge >= 0.3 is 6.09 Å². The smallest absolute Gasteiger partial charge is 0.412 e. The first-order chi connectivity index (χ1) is 8.91. The number of nitrogens with one attached hydrogen (secondary N) is 1. The van der Waals surface area contributed by atoms with Crippen LogP contribution in [0.2, 0.25) is 5.02 Å². The van der Waals surface area contributed by atoms with Crippen LogP contribution in [0.3, 0.4) is 0 Å². The number of allylic oxidation sites excluding steroid dienone is 2. The summed E-state index contributed by atoms with van der Waals surface area (Å²) in [6.07, 6.45) is -0.626. The van der Waals surface area contributed by atoms with Crippen LogP contribution < -0.4 is 11.1 Å². The van der Waals surface area contributed by atoms with Gasteiger partial charge in [-0.15, -0.1) is 0 Å². The van der Waals surface area contributed by atoms with Crippen molar-refractivity contribution in [2.75, 3.05) is 0 Å². The second-order valence-electron chi connectivity index (χ2n) is 3.62. The van der Waals surface area contributed by atoms with Gasteiger partial charge in [0.1, 0.15) is 9.48 Å². The molecule has 0 aliphatic heterocycles. The summed E-state index contributed by atoms with van der Waals surface area (Å²) in [4.78, 5) is 11.6. The molecule has 3 N–H and O–H groups in total. The summed E-state index contributed by atoms with van der Waals surface area (Å²) in [5.41, 5.74) is 7.16. The minimum absolute atomic E-state index is 0.0798. The number of rotatable bonds is 4. The number of benzene rings is 1. The van der Waals surface area contributed by atoms with Crippen molar-refractivity contribution in [3.05, 3.63) is 46.2 Å². The summed E-state index contributed by atoms with van der Waals surface area (Å²) in [5, 5.41) is 3.05. The lowest BCUT2D eigenvalue weighted by molar-refractivity contribution is 0.143. The van der Waals surface area contributed by atoms with Gasteiger partial charge in [-0.3, -0.25) is 5.32 Å². The van der Waals surface area contributed by atoms with Crippen LogP contribution in [0.5, 0.6) is 0 Å². The second kappa shape index (κ2) is 7.66. The van der Waals surface area contributed by atoms with Crippen molar-refractivity contribution in [1.29, 1.82) is 0 Å². The van der Waals surface area contributed by atoms with Crippen molar-refractivity contribution in [3.8, 4) is 0 Å². The maximum atomic E-state index is 11.6. The number of hydrogen-bond donors (Lipinski definition) is 2. The first-order valence-electron chi connectivity index (χ1n) is 5.25. The van der Waals surface area contributed by atoms with Crippen molar-refractivity contribution >= 4 is 55.4 Å². The fourth-order valence-corrected chi connectivity index (χ4v) is 2.16. The lowest BCUT2D eigenvalue weighted by Crippen LogP contribution is -2.28. The Morgan fingerprint density at radius 1 is 1.53 bits per heavy atom. The van der Waals surface area contributed by atoms with Crippen LogP contribution in [0.1, 0.15) is 12.5 Å². The molecule has 0 aromatic heterocycles. The molecule has 0 fully saturated rings. The highest BCUT2D eigenvalue weighted by molar-refractivity contribution is 14.1. The monoisotopic (exact) mass is 410 g/mol. The fourth-order valence-electron chi connectivity index (χ4n) is 1.20. The minimum atomic E-state index is -0.626. The molecule has 4 nitrogen and oxygen atoms in total. The number of carbonyl (C=O) groups excluding carboxylic acids is 1. The van der Waals surface area contributed by atoms with E-state index in [2.05, 4.69) is 5.32 Å². The molecule has 1 aromatic carbocycles. The molecule has 0 atom stereocenters. The highest BCUT2D eigenvalue weighted by Gasteiger charge is 2.11. The van der Waals surface area contributed by atoms with E-state index in [4.69, 9.17) is 34.3 Å². The molecule has 102 valence electrons. The summed E-state index contributed by atoms with van der Waals surface area (Å²) in [5.74, 6) is 0. The number of halogens is 2. The number of hydrogen-bond acceptors (Lipinski definition) is 4. The van der Waals surface area contributed by atoms with Gasteiger partial charge in [0.25, 0.3) is 0 Å². The van der Waals surface area contributed by atoms with Gasteiger partial charge in [0.2, 0.25) is 0 Å². The molecule has 1 aromatic rings. The van der Waals surface area contributed by atoms with Gasteiger partial charge in [-0.05, 0) is 35.6 Å². The van der Waals surface area contributed by atoms with Crippen LogP contribution >= 0.6 is 46.4 Å². The molecule has 0 radical (unpaired) electrons. The predicted octanol–water partition coefficient (Wildman–Crippen LogP) is 3.52. The standard InChI is InChI=1S/C12H12ClIN2O2S/c1-7(15)10(11(14)19)16-12(17)18-6-8-4-2-3-5-9(8)13/h2-5H,6,15H2,1H3,(H,16,17). The molecule has 0 heterocycles. The van der Waals surface area contributed by atoms with Gasteiger partial charge in [0.05, 0.1) is 5.70 Å². The number of nitrogens with two attached hydrogens (primary N) is 1. The maximum Gasteiger partial charge on any atom is 0.412 e. The SMILES string of the molecule is CC(N)=C(NC(=O)OCc1ccccc1Cl)C(=S)I. The topological polar surface area (TPSA) is 64.3 Å². The zero-order chi connectivity index (χ0) is 14.4. The Balaban J connectivity index is 2.60. The molecule has 7 heteroatoms. The van der Waals surface area contributed by atoms with Gasteiger partial charge in [0, 0.05) is 16.3 Å². The van der Waals surface area contributed by atoms with Gasteiger partial charge in [-0.2, -0.15) is 0 Å². The third kappa shape index (κ3) is 5.33. The molecular formula is C12H12ClIN2O2S. The summed E-state index contributed by atoms with van der Waals surface area (Å²) in [6.45, 7) is 1.73. The van der Waals surface area contributed by atoms with E-state index in [1.54, 1.807) is 25.1 Å². The van der Waals surface area contributed by atoms with E-state index < -0.39 is 6.09 Å². The summed E-state index contributed by atoms with van der Waals surface area (Å²) >= 11 is 12.8. The van der Waals surface area contributed by atoms with E-state index >= 15 is 0 Å². The Morgan fingerprint density at radius 3 is 2.68 bits per heavy atom. The Hall–Kier alpha value is -0.860. The lowest BCUT2D eigenvalue weighted by atomic mass is 10.2. The Morgan fingerprint density at radius 2 is 2.16 bits per heavy atom. The van der Waals surface area contributed by atoms with E-state index in [1.165, 1.54) is 0 Å². The molecule has 19 heavy (non-hydrogen) atoms. The number of amides is 1. The average molecular weight is 411 g/mol. The van der Waals surface area contributed by atoms with E-state index in [-0.39, 0.29) is 6.61 Å². The third-order valence-corrected chi connectivity index (χ3v) is 3.25. The van der Waals surface area contributed by atoms with Crippen LogP contribution in [0.25, 0.3) is 0 Å². The van der Waals surface area contributed by atoms with Crippen molar-refractivity contribution in [2.45, 2.75) is 13.5 Å². The molecule has 1 rings (SSSR count). The van der Waals surface area contributed by atoms with Crippen LogP contribution in [0, 0.1) is 0 Å². The van der Waals surface area contributed by atoms with E-state index in [1.807, 2.05) is 28.7 Å². The highest BCUT2D eigenvalue weighted by Crippen LogP contribution is 2.15. The fraction of sp³-hybridized carbons (Fsp3) is 0.167. The van der Waals surface area contributed by atoms with Gasteiger partial charge in [0.15, 0.2) is 0 Å². The van der Waals surface area contributed by atoms with Crippen LogP contribution in [0.4, 0.5) is 4.79 Å². The molecule has 0 aliphatic carbocycles. The zero-order valence-electron chi connectivity index (χ0n) is 10.1. The lowest BCUT2D eigenvalue weighted by Gasteiger charge is -2.10. The maximum absolute atomic E-state index is 11.6. The molecule has 1 amide bonds. The quantitative estimate of drug-likeness (QED) is 0.345. The van der Waals surface area contributed by atoms with Gasteiger partial charge < -0.3 is 10.5 Å². The normalized spacial score (nSPS) is 11.5. The van der Waals surface area contributed by atoms with Crippen LogP contribution in [0.15, 0.2) is 35.7 Å².